The van der Waals surface area contributed by atoms with Crippen molar-refractivity contribution in [1.82, 2.24) is 25.4 Å². The van der Waals surface area contributed by atoms with E-state index in [2.05, 4.69) is 68.5 Å². The molecule has 1 unspecified atom stereocenters. The predicted molar refractivity (Wildman–Crippen MR) is 116 cm³/mol. The van der Waals surface area contributed by atoms with E-state index in [-0.39, 0.29) is 24.0 Å². The lowest BCUT2D eigenvalue weighted by Crippen LogP contribution is -2.39. The first-order chi connectivity index (χ1) is 12.2. The van der Waals surface area contributed by atoms with Gasteiger partial charge in [-0.2, -0.15) is 0 Å². The van der Waals surface area contributed by atoms with Gasteiger partial charge < -0.3 is 15.2 Å². The maximum Gasteiger partial charge on any atom is 0.191 e. The van der Waals surface area contributed by atoms with Gasteiger partial charge in [0.15, 0.2) is 11.8 Å². The highest BCUT2D eigenvalue weighted by Gasteiger charge is 2.15. The molecule has 142 valence electrons. The molecule has 0 saturated carbocycles. The summed E-state index contributed by atoms with van der Waals surface area (Å²) in [5.74, 6) is 3.32. The molecule has 0 fully saturated rings. The first kappa shape index (κ1) is 20.7. The van der Waals surface area contributed by atoms with E-state index in [9.17, 15) is 0 Å². The Hall–Kier alpha value is -1.64. The molecule has 26 heavy (non-hydrogen) atoms. The molecule has 7 heteroatoms. The van der Waals surface area contributed by atoms with Crippen LogP contribution >= 0.6 is 24.0 Å². The zero-order chi connectivity index (χ0) is 17.6. The molecule has 2 aromatic rings. The minimum absolute atomic E-state index is 0. The van der Waals surface area contributed by atoms with Gasteiger partial charge in [-0.1, -0.05) is 36.8 Å². The number of nitrogens with zero attached hydrogens (tertiary/aromatic N) is 4. The third-order valence-electron chi connectivity index (χ3n) is 4.76. The summed E-state index contributed by atoms with van der Waals surface area (Å²) in [5, 5.41) is 15.4. The van der Waals surface area contributed by atoms with Gasteiger partial charge in [0.05, 0.1) is 6.54 Å². The van der Waals surface area contributed by atoms with Gasteiger partial charge in [-0.25, -0.2) is 0 Å². The number of rotatable bonds is 5. The summed E-state index contributed by atoms with van der Waals surface area (Å²) < 4.78 is 2.24. The molecular weight excluding hydrogens is 439 g/mol. The molecule has 0 aliphatic carbocycles. The van der Waals surface area contributed by atoms with Crippen LogP contribution in [0, 0.1) is 6.92 Å². The third kappa shape index (κ3) is 5.18. The normalized spacial score (nSPS) is 15.0. The summed E-state index contributed by atoms with van der Waals surface area (Å²) in [4.78, 5) is 4.32. The predicted octanol–water partition coefficient (Wildman–Crippen LogP) is 3.01. The number of benzene rings is 1. The van der Waals surface area contributed by atoms with Crippen LogP contribution in [0.3, 0.4) is 0 Å². The smallest absolute Gasteiger partial charge is 0.191 e. The minimum Gasteiger partial charge on any atom is -0.356 e. The van der Waals surface area contributed by atoms with Crippen molar-refractivity contribution in [3.05, 3.63) is 47.0 Å². The van der Waals surface area contributed by atoms with E-state index >= 15 is 0 Å². The highest BCUT2D eigenvalue weighted by molar-refractivity contribution is 14.0. The molecular formula is C19H29IN6. The van der Waals surface area contributed by atoms with Crippen LogP contribution in [0.5, 0.6) is 0 Å². The summed E-state index contributed by atoms with van der Waals surface area (Å²) in [5.41, 5.74) is 2.64. The average molecular weight is 468 g/mol. The summed E-state index contributed by atoms with van der Waals surface area (Å²) >= 11 is 0. The largest absolute Gasteiger partial charge is 0.356 e. The molecule has 0 radical (unpaired) electrons. The van der Waals surface area contributed by atoms with Crippen molar-refractivity contribution in [2.24, 2.45) is 4.99 Å². The van der Waals surface area contributed by atoms with E-state index in [1.807, 2.05) is 0 Å². The monoisotopic (exact) mass is 468 g/mol. The highest BCUT2D eigenvalue weighted by Crippen LogP contribution is 2.16. The van der Waals surface area contributed by atoms with Crippen LogP contribution in [0.2, 0.25) is 0 Å². The molecule has 0 saturated heterocycles. The second-order valence-corrected chi connectivity index (χ2v) is 6.76. The van der Waals surface area contributed by atoms with Crippen LogP contribution in [0.25, 0.3) is 0 Å². The summed E-state index contributed by atoms with van der Waals surface area (Å²) in [6, 6.07) is 8.66. The molecule has 0 spiro atoms. The first-order valence-corrected chi connectivity index (χ1v) is 9.09. The Labute approximate surface area is 172 Å². The minimum atomic E-state index is 0. The third-order valence-corrected chi connectivity index (χ3v) is 4.76. The lowest BCUT2D eigenvalue weighted by Gasteiger charge is -2.18. The number of fused-ring (bicyclic) bond motifs is 1. The number of hydrogen-bond acceptors (Lipinski definition) is 3. The standard InChI is InChI=1S/C19H28N6.HI/c1-14-7-6-8-16(11-14)15(2)12-21-19(20-3)22-13-18-24-23-17-9-4-5-10-25(17)18;/h6-8,11,15H,4-5,9-10,12-13H2,1-3H3,(H2,20,21,22);1H. The molecule has 1 aromatic heterocycles. The Balaban J connectivity index is 0.00000243. The van der Waals surface area contributed by atoms with Crippen LogP contribution in [-0.2, 0) is 19.5 Å². The fourth-order valence-corrected chi connectivity index (χ4v) is 3.23. The number of guanidine groups is 1. The first-order valence-electron chi connectivity index (χ1n) is 9.09. The topological polar surface area (TPSA) is 67.1 Å². The highest BCUT2D eigenvalue weighted by atomic mass is 127. The Kier molecular flexibility index (Phi) is 7.86. The number of aromatic nitrogens is 3. The quantitative estimate of drug-likeness (QED) is 0.402. The zero-order valence-electron chi connectivity index (χ0n) is 15.8. The van der Waals surface area contributed by atoms with Crippen molar-refractivity contribution in [2.45, 2.75) is 52.1 Å². The van der Waals surface area contributed by atoms with Gasteiger partial charge in [0, 0.05) is 26.6 Å². The number of halogens is 1. The molecule has 1 atom stereocenters. The Morgan fingerprint density at radius 1 is 1.27 bits per heavy atom. The number of nitrogens with one attached hydrogen (secondary N) is 2. The number of aryl methyl sites for hydroxylation is 2. The fourth-order valence-electron chi connectivity index (χ4n) is 3.23. The molecule has 6 nitrogen and oxygen atoms in total. The van der Waals surface area contributed by atoms with Gasteiger partial charge in [-0.15, -0.1) is 34.2 Å². The summed E-state index contributed by atoms with van der Waals surface area (Å²) in [7, 11) is 1.80. The fraction of sp³-hybridized carbons (Fsp3) is 0.526. The second kappa shape index (κ2) is 9.89. The maximum absolute atomic E-state index is 4.32. The van der Waals surface area contributed by atoms with Crippen LogP contribution in [-0.4, -0.2) is 34.3 Å². The Morgan fingerprint density at radius 3 is 2.88 bits per heavy atom. The van der Waals surface area contributed by atoms with E-state index in [0.29, 0.717) is 12.5 Å². The molecule has 2 heterocycles. The summed E-state index contributed by atoms with van der Waals surface area (Å²) in [6.07, 6.45) is 3.46. The van der Waals surface area contributed by atoms with Gasteiger partial charge >= 0.3 is 0 Å². The second-order valence-electron chi connectivity index (χ2n) is 6.76. The molecule has 0 amide bonds. The summed E-state index contributed by atoms with van der Waals surface area (Å²) in [6.45, 7) is 6.86. The van der Waals surface area contributed by atoms with E-state index in [1.165, 1.54) is 24.0 Å². The molecule has 1 aromatic carbocycles. The Morgan fingerprint density at radius 2 is 2.12 bits per heavy atom. The van der Waals surface area contributed by atoms with Crippen molar-refractivity contribution in [1.29, 1.82) is 0 Å². The van der Waals surface area contributed by atoms with Crippen molar-refractivity contribution >= 4 is 29.9 Å². The van der Waals surface area contributed by atoms with Crippen molar-refractivity contribution in [3.8, 4) is 0 Å². The maximum atomic E-state index is 4.32. The van der Waals surface area contributed by atoms with Crippen LogP contribution < -0.4 is 10.6 Å². The van der Waals surface area contributed by atoms with Crippen molar-refractivity contribution < 1.29 is 0 Å². The van der Waals surface area contributed by atoms with E-state index in [1.54, 1.807) is 7.05 Å². The van der Waals surface area contributed by atoms with Gasteiger partial charge in [0.25, 0.3) is 0 Å². The number of hydrogen-bond donors (Lipinski definition) is 2. The Bertz CT molecular complexity index is 739. The zero-order valence-corrected chi connectivity index (χ0v) is 18.2. The molecule has 1 aliphatic heterocycles. The lowest BCUT2D eigenvalue weighted by molar-refractivity contribution is 0.504. The molecule has 3 rings (SSSR count). The van der Waals surface area contributed by atoms with Crippen molar-refractivity contribution in [3.63, 3.8) is 0 Å². The van der Waals surface area contributed by atoms with Crippen molar-refractivity contribution in [2.75, 3.05) is 13.6 Å². The van der Waals surface area contributed by atoms with Crippen LogP contribution in [0.1, 0.15) is 48.5 Å². The van der Waals surface area contributed by atoms with E-state index in [4.69, 9.17) is 0 Å². The molecule has 2 N–H and O–H groups in total. The van der Waals surface area contributed by atoms with Gasteiger partial charge in [-0.05, 0) is 31.2 Å². The number of aliphatic imine (C=N–C) groups is 1. The average Bonchev–Trinajstić information content (AvgIpc) is 3.05. The van der Waals surface area contributed by atoms with Crippen LogP contribution in [0.4, 0.5) is 0 Å². The van der Waals surface area contributed by atoms with Gasteiger partial charge in [0.2, 0.25) is 0 Å². The van der Waals surface area contributed by atoms with Crippen LogP contribution in [0.15, 0.2) is 29.3 Å². The lowest BCUT2D eigenvalue weighted by atomic mass is 9.99. The van der Waals surface area contributed by atoms with Gasteiger partial charge in [0.1, 0.15) is 5.82 Å². The van der Waals surface area contributed by atoms with Gasteiger partial charge in [-0.3, -0.25) is 4.99 Å². The van der Waals surface area contributed by atoms with E-state index < -0.39 is 0 Å². The SMILES string of the molecule is CN=C(NCc1nnc2n1CCCC2)NCC(C)c1cccc(C)c1.I. The van der Waals surface area contributed by atoms with E-state index in [0.717, 1.165) is 37.1 Å². The molecule has 0 bridgehead atoms. The molecule has 1 aliphatic rings.